The van der Waals surface area contributed by atoms with E-state index in [1.165, 1.54) is 0 Å². The van der Waals surface area contributed by atoms with E-state index in [9.17, 15) is 4.79 Å². The third kappa shape index (κ3) is 34.7. The fourth-order valence-corrected chi connectivity index (χ4v) is 0.151. The number of carbonyl (C=O) groups is 1. The molecule has 0 aliphatic heterocycles. The van der Waals surface area contributed by atoms with Crippen LogP contribution in [0.1, 0.15) is 12.8 Å². The molecule has 0 saturated heterocycles. The zero-order valence-corrected chi connectivity index (χ0v) is 6.14. The molecule has 0 heterocycles. The van der Waals surface area contributed by atoms with Gasteiger partial charge in [-0.3, -0.25) is 4.79 Å². The van der Waals surface area contributed by atoms with Gasteiger partial charge in [-0.2, -0.15) is 6.42 Å². The van der Waals surface area contributed by atoms with Gasteiger partial charge in [0.15, 0.2) is 0 Å². The van der Waals surface area contributed by atoms with E-state index in [1.807, 2.05) is 0 Å². The van der Waals surface area contributed by atoms with E-state index in [0.29, 0.717) is 6.42 Å². The summed E-state index contributed by atoms with van der Waals surface area (Å²) in [4.78, 5) is 9.56. The Labute approximate surface area is 59.8 Å². The maximum absolute atomic E-state index is 9.56. The third-order valence-electron chi connectivity index (χ3n) is 0.391. The molecule has 0 aliphatic rings. The summed E-state index contributed by atoms with van der Waals surface area (Å²) in [7, 11) is 0. The average molecular weight is 170 g/mol. The van der Waals surface area contributed by atoms with Gasteiger partial charge in [0.2, 0.25) is 0 Å². The molecule has 0 saturated carbocycles. The molecule has 0 rings (SSSR count). The topological polar surface area (TPSA) is 71.4 Å². The van der Waals surface area contributed by atoms with Crippen LogP contribution in [0.4, 0.5) is 0 Å². The van der Waals surface area contributed by atoms with Gasteiger partial charge in [-0.1, -0.05) is 0 Å². The van der Waals surface area contributed by atoms with Crippen molar-refractivity contribution in [2.75, 3.05) is 0 Å². The maximum atomic E-state index is 9.56. The monoisotopic (exact) mass is 170 g/mol. The molecule has 0 amide bonds. The first-order valence-corrected chi connectivity index (χ1v) is 3.29. The molecule has 53 valence electrons. The van der Waals surface area contributed by atoms with E-state index in [1.54, 1.807) is 0 Å². The van der Waals surface area contributed by atoms with Crippen LogP contribution in [-0.4, -0.2) is 11.1 Å². The van der Waals surface area contributed by atoms with Gasteiger partial charge < -0.3 is 12.0 Å². The van der Waals surface area contributed by atoms with E-state index in [4.69, 9.17) is 12.5 Å². The Morgan fingerprint density at radius 3 is 1.89 bits per heavy atom. The molecule has 0 unspecified atom stereocenters. The van der Waals surface area contributed by atoms with Gasteiger partial charge >= 0.3 is 29.5 Å². The predicted molar refractivity (Wildman–Crippen MR) is 23.6 cm³/mol. The number of rotatable bonds is 2. The molecular weight excluding hydrogens is 163 g/mol. The van der Waals surface area contributed by atoms with Crippen LogP contribution in [0.5, 0.6) is 0 Å². The first-order chi connectivity index (χ1) is 4.18. The Kier molecular flexibility index (Phi) is 13.5. The summed E-state index contributed by atoms with van der Waals surface area (Å²) in [6.45, 7) is 3.34. The van der Waals surface area contributed by atoms with Gasteiger partial charge in [-0.05, 0) is 0 Å². The van der Waals surface area contributed by atoms with Gasteiger partial charge in [0.1, 0.15) is 0 Å². The van der Waals surface area contributed by atoms with E-state index >= 15 is 0 Å². The van der Waals surface area contributed by atoms with Crippen molar-refractivity contribution in [1.82, 2.24) is 0 Å². The van der Waals surface area contributed by atoms with Crippen molar-refractivity contribution in [2.45, 2.75) is 12.8 Å². The van der Waals surface area contributed by atoms with E-state index < -0.39 is 22.2 Å². The molecule has 0 atom stereocenters. The molecule has 0 aliphatic carbocycles. The summed E-state index contributed by atoms with van der Waals surface area (Å²) >= 11 is -1.81. The molecule has 0 bridgehead atoms. The van der Waals surface area contributed by atoms with Crippen molar-refractivity contribution in [3.8, 4) is 0 Å². The zero-order chi connectivity index (χ0) is 7.70. The SMILES string of the molecule is [CH2-]CCC(=O)O.[O]=[V]=[O]. The standard InChI is InChI=1S/C4H7O2.2O.V/c1-2-3-4(5)6;;;/h1-3H2,(H,5,6);;;/q-1;;;. The normalized spacial score (nSPS) is 6.33. The molecule has 4 nitrogen and oxygen atoms in total. The minimum atomic E-state index is -1.81. The van der Waals surface area contributed by atoms with Gasteiger partial charge in [-0.25, -0.2) is 0 Å². The first kappa shape index (κ1) is 11.5. The molecule has 1 N–H and O–H groups in total. The molecule has 0 fully saturated rings. The van der Waals surface area contributed by atoms with Crippen molar-refractivity contribution >= 4 is 5.97 Å². The van der Waals surface area contributed by atoms with Crippen molar-refractivity contribution in [2.24, 2.45) is 0 Å². The van der Waals surface area contributed by atoms with E-state index in [-0.39, 0.29) is 6.42 Å². The molecule has 0 radical (unpaired) electrons. The first-order valence-electron chi connectivity index (χ1n) is 2.15. The Morgan fingerprint density at radius 2 is 1.89 bits per heavy atom. The van der Waals surface area contributed by atoms with Crippen LogP contribution in [0.25, 0.3) is 0 Å². The van der Waals surface area contributed by atoms with Gasteiger partial charge in [0.25, 0.3) is 0 Å². The summed E-state index contributed by atoms with van der Waals surface area (Å²) < 4.78 is 16.9. The van der Waals surface area contributed by atoms with Crippen LogP contribution in [-0.2, 0) is 28.3 Å². The second-order valence-corrected chi connectivity index (χ2v) is 1.30. The quantitative estimate of drug-likeness (QED) is 0.610. The Balaban J connectivity index is 0. The van der Waals surface area contributed by atoms with Crippen molar-refractivity contribution in [3.63, 3.8) is 0 Å². The van der Waals surface area contributed by atoms with Crippen LogP contribution >= 0.6 is 0 Å². The van der Waals surface area contributed by atoms with Crippen LogP contribution in [0.15, 0.2) is 0 Å². The fraction of sp³-hybridized carbons (Fsp3) is 0.500. The third-order valence-corrected chi connectivity index (χ3v) is 0.391. The number of carboxylic acids is 1. The summed E-state index contributed by atoms with van der Waals surface area (Å²) in [6, 6.07) is 0. The van der Waals surface area contributed by atoms with Crippen LogP contribution in [0, 0.1) is 6.92 Å². The van der Waals surface area contributed by atoms with Crippen molar-refractivity contribution in [3.05, 3.63) is 6.92 Å². The molecule has 9 heavy (non-hydrogen) atoms. The molecule has 0 aromatic rings. The number of hydrogen-bond donors (Lipinski definition) is 1. The van der Waals surface area contributed by atoms with Crippen molar-refractivity contribution < 1.29 is 33.4 Å². The Hall–Kier alpha value is -0.346. The Bertz CT molecular complexity index is 105. The second kappa shape index (κ2) is 10.6. The summed E-state index contributed by atoms with van der Waals surface area (Å²) in [6.07, 6.45) is 0.662. The fourth-order valence-electron chi connectivity index (χ4n) is 0.151. The van der Waals surface area contributed by atoms with E-state index in [2.05, 4.69) is 6.92 Å². The predicted octanol–water partition coefficient (Wildman–Crippen LogP) is 0.445. The summed E-state index contributed by atoms with van der Waals surface area (Å²) in [5.41, 5.74) is 0. The molecule has 5 heteroatoms. The van der Waals surface area contributed by atoms with Crippen LogP contribution < -0.4 is 0 Å². The summed E-state index contributed by atoms with van der Waals surface area (Å²) in [5.74, 6) is -0.773. The molecular formula is C4H7O4V-. The average Bonchev–Trinajstić information content (AvgIpc) is 1.67. The number of hydrogen-bond acceptors (Lipinski definition) is 3. The van der Waals surface area contributed by atoms with E-state index in [0.717, 1.165) is 0 Å². The van der Waals surface area contributed by atoms with Gasteiger partial charge in [-0.15, -0.1) is 0 Å². The minimum absolute atomic E-state index is 0.181. The Morgan fingerprint density at radius 1 is 1.56 bits per heavy atom. The second-order valence-electron chi connectivity index (χ2n) is 1.07. The van der Waals surface area contributed by atoms with Gasteiger partial charge in [0, 0.05) is 6.42 Å². The molecule has 0 aromatic carbocycles. The zero-order valence-electron chi connectivity index (χ0n) is 4.74. The van der Waals surface area contributed by atoms with Crippen molar-refractivity contribution in [1.29, 1.82) is 0 Å². The number of carboxylic acid groups (broad SMARTS) is 1. The van der Waals surface area contributed by atoms with Crippen LogP contribution in [0.2, 0.25) is 0 Å². The van der Waals surface area contributed by atoms with Crippen LogP contribution in [0.3, 0.4) is 0 Å². The number of aliphatic carboxylic acids is 1. The molecule has 0 spiro atoms. The molecule has 0 aromatic heterocycles. The summed E-state index contributed by atoms with van der Waals surface area (Å²) in [5, 5.41) is 7.87. The van der Waals surface area contributed by atoms with Gasteiger partial charge in [0.05, 0.1) is 0 Å².